The summed E-state index contributed by atoms with van der Waals surface area (Å²) in [5.74, 6) is -1.84. The monoisotopic (exact) mass is 454 g/mol. The van der Waals surface area contributed by atoms with Crippen molar-refractivity contribution in [1.82, 2.24) is 9.80 Å². The van der Waals surface area contributed by atoms with Gasteiger partial charge in [0.2, 0.25) is 11.8 Å². The fourth-order valence-electron chi connectivity index (χ4n) is 5.71. The maximum atomic E-state index is 13.9. The van der Waals surface area contributed by atoms with E-state index in [-0.39, 0.29) is 23.6 Å². The van der Waals surface area contributed by atoms with Crippen LogP contribution in [0.5, 0.6) is 0 Å². The normalized spacial score (nSPS) is 26.2. The lowest BCUT2D eigenvalue weighted by Gasteiger charge is -2.36. The van der Waals surface area contributed by atoms with Gasteiger partial charge in [0.1, 0.15) is 6.04 Å². The largest absolute Gasteiger partial charge is 0.358 e. The van der Waals surface area contributed by atoms with Gasteiger partial charge in [-0.15, -0.1) is 11.3 Å². The van der Waals surface area contributed by atoms with Gasteiger partial charge in [-0.3, -0.25) is 19.3 Å². The van der Waals surface area contributed by atoms with Crippen LogP contribution in [0.25, 0.3) is 6.08 Å². The van der Waals surface area contributed by atoms with Crippen molar-refractivity contribution in [1.29, 1.82) is 0 Å². The molecule has 2 fully saturated rings. The molecule has 5 nitrogen and oxygen atoms in total. The van der Waals surface area contributed by atoms with Crippen LogP contribution in [-0.4, -0.2) is 33.4 Å². The molecule has 0 bridgehead atoms. The minimum atomic E-state index is -0.709. The highest BCUT2D eigenvalue weighted by molar-refractivity contribution is 7.12. The van der Waals surface area contributed by atoms with Crippen molar-refractivity contribution in [3.63, 3.8) is 0 Å². The second-order valence-corrected chi connectivity index (χ2v) is 9.76. The predicted molar refractivity (Wildman–Crippen MR) is 126 cm³/mol. The van der Waals surface area contributed by atoms with Crippen molar-refractivity contribution in [2.75, 3.05) is 0 Å². The average Bonchev–Trinajstić information content (AvgIpc) is 3.55. The summed E-state index contributed by atoms with van der Waals surface area (Å²) < 4.78 is 0. The van der Waals surface area contributed by atoms with Crippen LogP contribution in [0.15, 0.2) is 78.3 Å². The van der Waals surface area contributed by atoms with Gasteiger partial charge < -0.3 is 4.90 Å². The maximum absolute atomic E-state index is 13.9. The van der Waals surface area contributed by atoms with Crippen LogP contribution in [0.2, 0.25) is 0 Å². The first-order valence-electron chi connectivity index (χ1n) is 11.1. The lowest BCUT2D eigenvalue weighted by atomic mass is 9.84. The molecule has 0 N–H and O–H groups in total. The number of rotatable bonds is 4. The summed E-state index contributed by atoms with van der Waals surface area (Å²) in [4.78, 5) is 45.4. The molecule has 3 aliphatic rings. The van der Waals surface area contributed by atoms with Crippen LogP contribution >= 0.6 is 11.3 Å². The van der Waals surface area contributed by atoms with Crippen molar-refractivity contribution in [3.8, 4) is 0 Å². The molecule has 6 rings (SSSR count). The highest BCUT2D eigenvalue weighted by Crippen LogP contribution is 2.54. The molecule has 164 valence electrons. The van der Waals surface area contributed by atoms with Crippen molar-refractivity contribution in [2.45, 2.75) is 25.0 Å². The minimum absolute atomic E-state index is 0.0955. The van der Waals surface area contributed by atoms with E-state index in [4.69, 9.17) is 0 Å². The van der Waals surface area contributed by atoms with E-state index in [9.17, 15) is 14.4 Å². The van der Waals surface area contributed by atoms with Crippen LogP contribution in [0.4, 0.5) is 0 Å². The zero-order chi connectivity index (χ0) is 22.7. The second kappa shape index (κ2) is 7.52. The molecule has 0 spiro atoms. The summed E-state index contributed by atoms with van der Waals surface area (Å²) in [6.07, 6.45) is 3.87. The Morgan fingerprint density at radius 3 is 2.39 bits per heavy atom. The summed E-state index contributed by atoms with van der Waals surface area (Å²) in [6.45, 7) is 1.88. The molecule has 5 atom stereocenters. The number of fused-ring (bicyclic) bond motifs is 5. The molecule has 2 aromatic carbocycles. The van der Waals surface area contributed by atoms with Crippen molar-refractivity contribution >= 4 is 35.0 Å². The molecular weight excluding hydrogens is 432 g/mol. The van der Waals surface area contributed by atoms with Gasteiger partial charge in [0.15, 0.2) is 5.78 Å². The lowest BCUT2D eigenvalue weighted by molar-refractivity contribution is -0.143. The number of carbonyl (C=O) groups excluding carboxylic acids is 3. The Labute approximate surface area is 195 Å². The highest BCUT2D eigenvalue weighted by atomic mass is 32.1. The lowest BCUT2D eigenvalue weighted by Crippen LogP contribution is -2.44. The number of hydrogen-bond donors (Lipinski definition) is 0. The number of thiophene rings is 1. The highest BCUT2D eigenvalue weighted by Gasteiger charge is 2.64. The molecule has 2 saturated heterocycles. The number of hydrogen-bond acceptors (Lipinski definition) is 5. The molecule has 0 radical (unpaired) electrons. The number of benzene rings is 2. The van der Waals surface area contributed by atoms with E-state index < -0.39 is 23.9 Å². The molecular formula is C27H22N2O3S. The number of Topliss-reactive ketones (excluding diaryl/α,β-unsaturated/α-hetero) is 1. The van der Waals surface area contributed by atoms with Gasteiger partial charge in [0.25, 0.3) is 0 Å². The molecule has 2 amide bonds. The zero-order valence-electron chi connectivity index (χ0n) is 18.0. The standard InChI is InChI=1S/C27H22N2O3S/c1-16(17-8-3-2-4-9-17)29-26(31)21-22(27(29)32)24(25(30)20-12-7-15-33-20)28-14-13-18-10-5-6-11-19(18)23(21)28/h2-16,21-24H,1H3. The Morgan fingerprint density at radius 1 is 0.909 bits per heavy atom. The van der Waals surface area contributed by atoms with Crippen LogP contribution in [0, 0.1) is 11.8 Å². The number of likely N-dealkylation sites (tertiary alicyclic amines) is 1. The summed E-state index contributed by atoms with van der Waals surface area (Å²) >= 11 is 1.37. The molecule has 0 saturated carbocycles. The number of amides is 2. The first-order chi connectivity index (χ1) is 16.1. The Morgan fingerprint density at radius 2 is 1.64 bits per heavy atom. The van der Waals surface area contributed by atoms with E-state index in [1.165, 1.54) is 16.2 Å². The van der Waals surface area contributed by atoms with Gasteiger partial charge in [0, 0.05) is 6.20 Å². The third-order valence-corrected chi connectivity index (χ3v) is 8.08. The van der Waals surface area contributed by atoms with Crippen LogP contribution in [0.1, 0.15) is 45.4 Å². The fraction of sp³-hybridized carbons (Fsp3) is 0.222. The van der Waals surface area contributed by atoms with Gasteiger partial charge in [-0.05, 0) is 41.1 Å². The van der Waals surface area contributed by atoms with Crippen molar-refractivity contribution in [2.24, 2.45) is 11.8 Å². The van der Waals surface area contributed by atoms with Gasteiger partial charge in [0.05, 0.1) is 28.8 Å². The number of carbonyl (C=O) groups is 3. The second-order valence-electron chi connectivity index (χ2n) is 8.81. The first-order valence-corrected chi connectivity index (χ1v) is 12.0. The van der Waals surface area contributed by atoms with E-state index in [1.54, 1.807) is 6.07 Å². The number of ketones is 1. The molecule has 4 heterocycles. The van der Waals surface area contributed by atoms with Gasteiger partial charge in [-0.1, -0.05) is 60.7 Å². The summed E-state index contributed by atoms with van der Waals surface area (Å²) in [5, 5.41) is 1.86. The van der Waals surface area contributed by atoms with E-state index in [1.807, 2.05) is 90.1 Å². The predicted octanol–water partition coefficient (Wildman–Crippen LogP) is 4.70. The molecule has 5 unspecified atom stereocenters. The van der Waals surface area contributed by atoms with Gasteiger partial charge >= 0.3 is 0 Å². The van der Waals surface area contributed by atoms with Crippen molar-refractivity contribution < 1.29 is 14.4 Å². The Bertz CT molecular complexity index is 1280. The third kappa shape index (κ3) is 2.87. The molecule has 0 aliphatic carbocycles. The fourth-order valence-corrected chi connectivity index (χ4v) is 6.40. The Balaban J connectivity index is 1.48. The van der Waals surface area contributed by atoms with E-state index in [0.29, 0.717) is 4.88 Å². The van der Waals surface area contributed by atoms with Crippen LogP contribution in [0.3, 0.4) is 0 Å². The van der Waals surface area contributed by atoms with Crippen molar-refractivity contribution in [3.05, 3.63) is 99.9 Å². The zero-order valence-corrected chi connectivity index (χ0v) is 18.8. The number of imide groups is 1. The third-order valence-electron chi connectivity index (χ3n) is 7.20. The minimum Gasteiger partial charge on any atom is -0.358 e. The quantitative estimate of drug-likeness (QED) is 0.423. The van der Waals surface area contributed by atoms with E-state index in [0.717, 1.165) is 16.7 Å². The molecule has 6 heteroatoms. The Hall–Kier alpha value is -3.51. The van der Waals surface area contributed by atoms with Crippen LogP contribution in [-0.2, 0) is 9.59 Å². The summed E-state index contributed by atoms with van der Waals surface area (Å²) in [7, 11) is 0. The topological polar surface area (TPSA) is 57.7 Å². The maximum Gasteiger partial charge on any atom is 0.236 e. The first kappa shape index (κ1) is 20.1. The molecule has 1 aromatic heterocycles. The van der Waals surface area contributed by atoms with E-state index >= 15 is 0 Å². The Kier molecular flexibility index (Phi) is 4.59. The molecule has 3 aromatic rings. The smallest absolute Gasteiger partial charge is 0.236 e. The molecule has 3 aliphatic heterocycles. The van der Waals surface area contributed by atoms with E-state index in [2.05, 4.69) is 0 Å². The average molecular weight is 455 g/mol. The van der Waals surface area contributed by atoms with Gasteiger partial charge in [-0.2, -0.15) is 0 Å². The SMILES string of the molecule is CC(c1ccccc1)N1C(=O)C2C(C1=O)C1c3ccccc3C=CN1C2C(=O)c1cccs1. The number of nitrogens with zero attached hydrogens (tertiary/aromatic N) is 2. The van der Waals surface area contributed by atoms with Crippen LogP contribution < -0.4 is 0 Å². The summed E-state index contributed by atoms with van der Waals surface area (Å²) in [5.41, 5.74) is 2.92. The summed E-state index contributed by atoms with van der Waals surface area (Å²) in [6, 6.07) is 19.7. The van der Waals surface area contributed by atoms with Gasteiger partial charge in [-0.25, -0.2) is 0 Å². The molecule has 33 heavy (non-hydrogen) atoms.